The molecule has 0 aliphatic heterocycles. The number of pyridine rings is 1. The molecule has 0 bridgehead atoms. The zero-order valence-corrected chi connectivity index (χ0v) is 12.4. The van der Waals surface area contributed by atoms with Gasteiger partial charge in [0.25, 0.3) is 5.56 Å². The van der Waals surface area contributed by atoms with Crippen LogP contribution in [0, 0.1) is 5.92 Å². The lowest BCUT2D eigenvalue weighted by Gasteiger charge is -2.09. The Bertz CT molecular complexity index is 677. The fraction of sp³-hybridized carbons (Fsp3) is 0.375. The van der Waals surface area contributed by atoms with Gasteiger partial charge < -0.3 is 15.6 Å². The molecular weight excluding hydrogens is 266 g/mol. The first kappa shape index (κ1) is 15.1. The van der Waals surface area contributed by atoms with Gasteiger partial charge in [-0.3, -0.25) is 9.59 Å². The Hall–Kier alpha value is -2.30. The number of rotatable bonds is 6. The molecule has 0 saturated carbocycles. The number of fused-ring (bicyclic) bond motifs is 1. The van der Waals surface area contributed by atoms with Gasteiger partial charge in [0, 0.05) is 24.9 Å². The van der Waals surface area contributed by atoms with Crippen molar-refractivity contribution in [3.8, 4) is 0 Å². The number of hydrogen-bond acceptors (Lipinski definition) is 3. The van der Waals surface area contributed by atoms with Crippen LogP contribution in [0.5, 0.6) is 0 Å². The van der Waals surface area contributed by atoms with Crippen molar-refractivity contribution in [3.05, 3.63) is 40.7 Å². The fourth-order valence-corrected chi connectivity index (χ4v) is 2.02. The number of carbonyl (C=O) groups excluding carboxylic acids is 1. The van der Waals surface area contributed by atoms with Crippen LogP contribution in [-0.2, 0) is 4.79 Å². The van der Waals surface area contributed by atoms with Gasteiger partial charge in [0.05, 0.1) is 0 Å². The summed E-state index contributed by atoms with van der Waals surface area (Å²) in [5.74, 6) is 1.09. The Labute approximate surface area is 123 Å². The van der Waals surface area contributed by atoms with Gasteiger partial charge in [-0.25, -0.2) is 0 Å². The normalized spacial score (nSPS) is 10.8. The van der Waals surface area contributed by atoms with Crippen LogP contribution < -0.4 is 16.2 Å². The van der Waals surface area contributed by atoms with E-state index < -0.39 is 0 Å². The quantitative estimate of drug-likeness (QED) is 0.761. The molecule has 5 nitrogen and oxygen atoms in total. The maximum atomic E-state index is 11.9. The number of aromatic nitrogens is 1. The molecule has 21 heavy (non-hydrogen) atoms. The Morgan fingerprint density at radius 1 is 1.29 bits per heavy atom. The summed E-state index contributed by atoms with van der Waals surface area (Å²) in [4.78, 5) is 26.3. The largest absolute Gasteiger partial charge is 0.371 e. The topological polar surface area (TPSA) is 74.0 Å². The summed E-state index contributed by atoms with van der Waals surface area (Å²) in [5, 5.41) is 7.49. The van der Waals surface area contributed by atoms with Gasteiger partial charge in [-0.1, -0.05) is 32.0 Å². The lowest BCUT2D eigenvalue weighted by atomic mass is 10.2. The smallest absolute Gasteiger partial charge is 0.257 e. The van der Waals surface area contributed by atoms with Crippen LogP contribution >= 0.6 is 0 Å². The number of nitrogens with one attached hydrogen (secondary N) is 3. The van der Waals surface area contributed by atoms with Crippen molar-refractivity contribution in [1.29, 1.82) is 0 Å². The van der Waals surface area contributed by atoms with Gasteiger partial charge in [-0.2, -0.15) is 0 Å². The number of amides is 1. The summed E-state index contributed by atoms with van der Waals surface area (Å²) in [6.45, 7) is 5.28. The summed E-state index contributed by atoms with van der Waals surface area (Å²) in [6.07, 6.45) is 0.377. The van der Waals surface area contributed by atoms with Crippen molar-refractivity contribution in [2.24, 2.45) is 5.92 Å². The van der Waals surface area contributed by atoms with Gasteiger partial charge in [-0.05, 0) is 23.4 Å². The van der Waals surface area contributed by atoms with Gasteiger partial charge >= 0.3 is 0 Å². The van der Waals surface area contributed by atoms with Crippen LogP contribution in [0.15, 0.2) is 35.1 Å². The van der Waals surface area contributed by atoms with Crippen LogP contribution in [0.4, 0.5) is 5.82 Å². The number of carbonyl (C=O) groups is 1. The molecule has 0 fully saturated rings. The molecule has 1 amide bonds. The van der Waals surface area contributed by atoms with Crippen molar-refractivity contribution in [2.75, 3.05) is 18.4 Å². The Morgan fingerprint density at radius 2 is 2.05 bits per heavy atom. The highest BCUT2D eigenvalue weighted by molar-refractivity contribution is 5.83. The molecule has 112 valence electrons. The van der Waals surface area contributed by atoms with E-state index in [1.54, 1.807) is 6.07 Å². The lowest BCUT2D eigenvalue weighted by Crippen LogP contribution is -2.28. The molecule has 0 atom stereocenters. The highest BCUT2D eigenvalue weighted by Crippen LogP contribution is 2.12. The van der Waals surface area contributed by atoms with E-state index in [1.807, 2.05) is 24.3 Å². The predicted octanol–water partition coefficient (Wildman–Crippen LogP) is 2.10. The minimum atomic E-state index is -0.125. The maximum Gasteiger partial charge on any atom is 0.257 e. The van der Waals surface area contributed by atoms with E-state index in [0.717, 1.165) is 5.39 Å². The van der Waals surface area contributed by atoms with Crippen LogP contribution in [0.25, 0.3) is 10.8 Å². The molecule has 5 heteroatoms. The van der Waals surface area contributed by atoms with E-state index in [9.17, 15) is 9.59 Å². The summed E-state index contributed by atoms with van der Waals surface area (Å²) in [5.41, 5.74) is -0.125. The third kappa shape index (κ3) is 4.34. The second kappa shape index (κ2) is 6.92. The third-order valence-corrected chi connectivity index (χ3v) is 3.13. The zero-order chi connectivity index (χ0) is 15.2. The highest BCUT2D eigenvalue weighted by Gasteiger charge is 2.04. The second-order valence-electron chi connectivity index (χ2n) is 5.47. The summed E-state index contributed by atoms with van der Waals surface area (Å²) in [7, 11) is 0. The molecule has 2 rings (SSSR count). The minimum Gasteiger partial charge on any atom is -0.371 e. The van der Waals surface area contributed by atoms with Crippen LogP contribution in [0.3, 0.4) is 0 Å². The third-order valence-electron chi connectivity index (χ3n) is 3.13. The van der Waals surface area contributed by atoms with Gasteiger partial charge in [0.15, 0.2) is 0 Å². The number of H-pyrrole nitrogens is 1. The van der Waals surface area contributed by atoms with Crippen LogP contribution in [-0.4, -0.2) is 24.0 Å². The molecule has 0 aliphatic carbocycles. The first-order chi connectivity index (χ1) is 10.1. The number of anilines is 1. The van der Waals surface area contributed by atoms with Crippen LogP contribution in [0.2, 0.25) is 0 Å². The molecule has 1 aromatic carbocycles. The molecular formula is C16H21N3O2. The van der Waals surface area contributed by atoms with Crippen molar-refractivity contribution in [2.45, 2.75) is 20.3 Å². The average Bonchev–Trinajstić information content (AvgIpc) is 2.45. The average molecular weight is 287 g/mol. The summed E-state index contributed by atoms with van der Waals surface area (Å²) < 4.78 is 0. The highest BCUT2D eigenvalue weighted by atomic mass is 16.1. The van der Waals surface area contributed by atoms with Gasteiger partial charge in [0.2, 0.25) is 5.91 Å². The predicted molar refractivity (Wildman–Crippen MR) is 85.5 cm³/mol. The molecule has 0 unspecified atom stereocenters. The molecule has 0 aliphatic rings. The van der Waals surface area contributed by atoms with E-state index in [1.165, 1.54) is 0 Å². The Kier molecular flexibility index (Phi) is 4.98. The van der Waals surface area contributed by atoms with Crippen molar-refractivity contribution in [3.63, 3.8) is 0 Å². The monoisotopic (exact) mass is 287 g/mol. The Morgan fingerprint density at radius 3 is 2.81 bits per heavy atom. The van der Waals surface area contributed by atoms with E-state index in [4.69, 9.17) is 0 Å². The van der Waals surface area contributed by atoms with Crippen molar-refractivity contribution < 1.29 is 4.79 Å². The van der Waals surface area contributed by atoms with E-state index in [0.29, 0.717) is 36.6 Å². The second-order valence-corrected chi connectivity index (χ2v) is 5.47. The number of benzene rings is 1. The Balaban J connectivity index is 1.92. The molecule has 0 saturated heterocycles. The van der Waals surface area contributed by atoms with E-state index in [2.05, 4.69) is 29.5 Å². The van der Waals surface area contributed by atoms with E-state index in [-0.39, 0.29) is 11.5 Å². The standard InChI is InChI=1S/C16H21N3O2/c1-11(2)10-18-15(20)7-8-17-14-9-12-5-3-4-6-13(12)16(21)19-14/h3-6,9,11H,7-8,10H2,1-2H3,(H,18,20)(H2,17,19,21). The number of hydrogen-bond donors (Lipinski definition) is 3. The van der Waals surface area contributed by atoms with Gasteiger partial charge in [0.1, 0.15) is 5.82 Å². The zero-order valence-electron chi connectivity index (χ0n) is 12.4. The molecule has 0 spiro atoms. The molecule has 2 aromatic rings. The SMILES string of the molecule is CC(C)CNC(=O)CCNc1cc2ccccc2c(=O)[nH]1. The minimum absolute atomic E-state index is 0.0133. The fourth-order valence-electron chi connectivity index (χ4n) is 2.02. The summed E-state index contributed by atoms with van der Waals surface area (Å²) in [6, 6.07) is 9.29. The lowest BCUT2D eigenvalue weighted by molar-refractivity contribution is -0.120. The first-order valence-corrected chi connectivity index (χ1v) is 7.19. The molecule has 1 aromatic heterocycles. The molecule has 3 N–H and O–H groups in total. The summed E-state index contributed by atoms with van der Waals surface area (Å²) >= 11 is 0. The van der Waals surface area contributed by atoms with E-state index >= 15 is 0 Å². The molecule has 1 heterocycles. The first-order valence-electron chi connectivity index (χ1n) is 7.19. The number of aromatic amines is 1. The maximum absolute atomic E-state index is 11.9. The van der Waals surface area contributed by atoms with Crippen LogP contribution in [0.1, 0.15) is 20.3 Å². The molecule has 0 radical (unpaired) electrons. The van der Waals surface area contributed by atoms with Crippen molar-refractivity contribution in [1.82, 2.24) is 10.3 Å². The van der Waals surface area contributed by atoms with Crippen molar-refractivity contribution >= 4 is 22.5 Å². The van der Waals surface area contributed by atoms with Gasteiger partial charge in [-0.15, -0.1) is 0 Å².